The van der Waals surface area contributed by atoms with Crippen molar-refractivity contribution in [1.82, 2.24) is 15.3 Å². The molecule has 148 valence electrons. The number of aromatic nitrogens is 2. The van der Waals surface area contributed by atoms with Crippen LogP contribution in [-0.2, 0) is 6.42 Å². The minimum atomic E-state index is -0.154. The molecule has 1 amide bonds. The van der Waals surface area contributed by atoms with Crippen molar-refractivity contribution < 1.29 is 14.3 Å². The Morgan fingerprint density at radius 1 is 1.10 bits per heavy atom. The Morgan fingerprint density at radius 3 is 2.62 bits per heavy atom. The maximum Gasteiger partial charge on any atom is 0.267 e. The highest BCUT2D eigenvalue weighted by molar-refractivity contribution is 7.09. The number of rotatable bonds is 7. The molecule has 0 aliphatic rings. The lowest BCUT2D eigenvalue weighted by Gasteiger charge is -2.06. The summed E-state index contributed by atoms with van der Waals surface area (Å²) in [5.41, 5.74) is 3.39. The first-order chi connectivity index (χ1) is 14.2. The van der Waals surface area contributed by atoms with Gasteiger partial charge in [0.05, 0.1) is 24.9 Å². The molecule has 29 heavy (non-hydrogen) atoms. The van der Waals surface area contributed by atoms with Gasteiger partial charge in [-0.15, -0.1) is 11.3 Å². The van der Waals surface area contributed by atoms with E-state index >= 15 is 0 Å². The Morgan fingerprint density at radius 2 is 1.86 bits per heavy atom. The standard InChI is InChI=1S/C22H21N3O3S/c1-27-19-11-15-10-17(24-16(15)12-20(19)28-2)22(26)23-9-8-21-25-18(13-29-21)14-6-4-3-5-7-14/h3-7,10-13,24H,8-9H2,1-2H3,(H,23,26). The van der Waals surface area contributed by atoms with Crippen molar-refractivity contribution in [3.63, 3.8) is 0 Å². The van der Waals surface area contributed by atoms with Gasteiger partial charge in [0.25, 0.3) is 5.91 Å². The van der Waals surface area contributed by atoms with E-state index < -0.39 is 0 Å². The average molecular weight is 407 g/mol. The van der Waals surface area contributed by atoms with Crippen molar-refractivity contribution in [2.45, 2.75) is 6.42 Å². The molecule has 0 aliphatic heterocycles. The molecule has 0 fully saturated rings. The monoisotopic (exact) mass is 407 g/mol. The molecule has 2 aromatic heterocycles. The van der Waals surface area contributed by atoms with Gasteiger partial charge in [0.2, 0.25) is 0 Å². The van der Waals surface area contributed by atoms with Gasteiger partial charge in [-0.05, 0) is 12.1 Å². The second kappa shape index (κ2) is 8.36. The average Bonchev–Trinajstić information content (AvgIpc) is 3.40. The smallest absolute Gasteiger partial charge is 0.267 e. The summed E-state index contributed by atoms with van der Waals surface area (Å²) in [4.78, 5) is 20.3. The summed E-state index contributed by atoms with van der Waals surface area (Å²) in [5, 5.41) is 6.88. The molecule has 0 saturated heterocycles. The highest BCUT2D eigenvalue weighted by atomic mass is 32.1. The van der Waals surface area contributed by atoms with Gasteiger partial charge in [-0.3, -0.25) is 4.79 Å². The Bertz CT molecular complexity index is 1090. The van der Waals surface area contributed by atoms with E-state index in [1.54, 1.807) is 25.6 Å². The van der Waals surface area contributed by atoms with E-state index in [-0.39, 0.29) is 5.91 Å². The number of amides is 1. The second-order valence-corrected chi connectivity index (χ2v) is 7.42. The van der Waals surface area contributed by atoms with Crippen molar-refractivity contribution in [1.29, 1.82) is 0 Å². The number of carbonyl (C=O) groups is 1. The number of nitrogens with zero attached hydrogens (tertiary/aromatic N) is 1. The molecule has 2 N–H and O–H groups in total. The highest BCUT2D eigenvalue weighted by Gasteiger charge is 2.13. The molecule has 0 spiro atoms. The molecule has 0 radical (unpaired) electrons. The molecule has 0 bridgehead atoms. The first-order valence-electron chi connectivity index (χ1n) is 9.20. The SMILES string of the molecule is COc1cc2cc(C(=O)NCCc3nc(-c4ccccc4)cs3)[nH]c2cc1OC. The fourth-order valence-corrected chi connectivity index (χ4v) is 3.93. The van der Waals surface area contributed by atoms with Crippen molar-refractivity contribution in [3.8, 4) is 22.8 Å². The van der Waals surface area contributed by atoms with Crippen LogP contribution >= 0.6 is 11.3 Å². The van der Waals surface area contributed by atoms with Crippen LogP contribution < -0.4 is 14.8 Å². The van der Waals surface area contributed by atoms with Crippen LogP contribution in [0, 0.1) is 0 Å². The van der Waals surface area contributed by atoms with Crippen LogP contribution in [0.15, 0.2) is 53.9 Å². The number of hydrogen-bond acceptors (Lipinski definition) is 5. The van der Waals surface area contributed by atoms with Crippen molar-refractivity contribution in [3.05, 3.63) is 64.6 Å². The summed E-state index contributed by atoms with van der Waals surface area (Å²) in [5.74, 6) is 1.09. The van der Waals surface area contributed by atoms with Gasteiger partial charge in [0.1, 0.15) is 5.69 Å². The van der Waals surface area contributed by atoms with Crippen LogP contribution in [0.25, 0.3) is 22.2 Å². The maximum atomic E-state index is 12.5. The van der Waals surface area contributed by atoms with Crippen molar-refractivity contribution >= 4 is 28.1 Å². The van der Waals surface area contributed by atoms with E-state index in [2.05, 4.69) is 15.3 Å². The highest BCUT2D eigenvalue weighted by Crippen LogP contribution is 2.32. The molecule has 6 nitrogen and oxygen atoms in total. The van der Waals surface area contributed by atoms with Crippen LogP contribution in [0.1, 0.15) is 15.5 Å². The number of nitrogens with one attached hydrogen (secondary N) is 2. The van der Waals surface area contributed by atoms with Crippen LogP contribution in [-0.4, -0.2) is 36.6 Å². The van der Waals surface area contributed by atoms with E-state index in [0.717, 1.165) is 27.2 Å². The first kappa shape index (κ1) is 19.0. The van der Waals surface area contributed by atoms with E-state index in [4.69, 9.17) is 9.47 Å². The zero-order chi connectivity index (χ0) is 20.2. The number of methoxy groups -OCH3 is 2. The van der Waals surface area contributed by atoms with E-state index in [1.807, 2.05) is 53.9 Å². The predicted molar refractivity (Wildman–Crippen MR) is 115 cm³/mol. The largest absolute Gasteiger partial charge is 0.493 e. The molecular weight excluding hydrogens is 386 g/mol. The fraction of sp³-hybridized carbons (Fsp3) is 0.182. The summed E-state index contributed by atoms with van der Waals surface area (Å²) in [7, 11) is 3.17. The molecule has 2 heterocycles. The fourth-order valence-electron chi connectivity index (χ4n) is 3.13. The quantitative estimate of drug-likeness (QED) is 0.479. The Hall–Kier alpha value is -3.32. The third-order valence-electron chi connectivity index (χ3n) is 4.62. The maximum absolute atomic E-state index is 12.5. The summed E-state index contributed by atoms with van der Waals surface area (Å²) >= 11 is 1.61. The third-order valence-corrected chi connectivity index (χ3v) is 5.52. The van der Waals surface area contributed by atoms with Gasteiger partial charge in [-0.2, -0.15) is 0 Å². The second-order valence-electron chi connectivity index (χ2n) is 6.48. The molecule has 4 aromatic rings. The van der Waals surface area contributed by atoms with Gasteiger partial charge in [-0.25, -0.2) is 4.98 Å². The van der Waals surface area contributed by atoms with Crippen molar-refractivity contribution in [2.24, 2.45) is 0 Å². The summed E-state index contributed by atoms with van der Waals surface area (Å²) in [6.07, 6.45) is 0.686. The van der Waals surface area contributed by atoms with Crippen LogP contribution in [0.5, 0.6) is 11.5 Å². The summed E-state index contributed by atoms with van der Waals surface area (Å²) in [6, 6.07) is 15.6. The number of ether oxygens (including phenoxy) is 2. The molecule has 7 heteroatoms. The molecular formula is C22H21N3O3S. The summed E-state index contributed by atoms with van der Waals surface area (Å²) in [6.45, 7) is 0.516. The minimum Gasteiger partial charge on any atom is -0.493 e. The first-order valence-corrected chi connectivity index (χ1v) is 10.1. The lowest BCUT2D eigenvalue weighted by Crippen LogP contribution is -2.25. The molecule has 4 rings (SSSR count). The van der Waals surface area contributed by atoms with E-state index in [1.165, 1.54) is 0 Å². The number of benzene rings is 2. The minimum absolute atomic E-state index is 0.154. The summed E-state index contributed by atoms with van der Waals surface area (Å²) < 4.78 is 10.6. The molecule has 0 unspecified atom stereocenters. The Labute approximate surface area is 172 Å². The van der Waals surface area contributed by atoms with Gasteiger partial charge < -0.3 is 19.8 Å². The number of hydrogen-bond donors (Lipinski definition) is 2. The van der Waals surface area contributed by atoms with Gasteiger partial charge in [-0.1, -0.05) is 30.3 Å². The Balaban J connectivity index is 1.39. The van der Waals surface area contributed by atoms with Crippen LogP contribution in [0.2, 0.25) is 0 Å². The lowest BCUT2D eigenvalue weighted by atomic mass is 10.2. The van der Waals surface area contributed by atoms with E-state index in [9.17, 15) is 4.79 Å². The van der Waals surface area contributed by atoms with Gasteiger partial charge in [0, 0.05) is 40.9 Å². The number of carbonyl (C=O) groups excluding carboxylic acids is 1. The Kier molecular flexibility index (Phi) is 5.48. The zero-order valence-electron chi connectivity index (χ0n) is 16.2. The van der Waals surface area contributed by atoms with Crippen molar-refractivity contribution in [2.75, 3.05) is 20.8 Å². The van der Waals surface area contributed by atoms with Gasteiger partial charge in [0.15, 0.2) is 11.5 Å². The normalized spacial score (nSPS) is 10.8. The number of aromatic amines is 1. The van der Waals surface area contributed by atoms with Crippen LogP contribution in [0.4, 0.5) is 0 Å². The van der Waals surface area contributed by atoms with E-state index in [0.29, 0.717) is 30.2 Å². The number of thiazole rings is 1. The van der Waals surface area contributed by atoms with Crippen LogP contribution in [0.3, 0.4) is 0 Å². The number of fused-ring (bicyclic) bond motifs is 1. The van der Waals surface area contributed by atoms with Gasteiger partial charge >= 0.3 is 0 Å². The molecule has 0 atom stereocenters. The lowest BCUT2D eigenvalue weighted by molar-refractivity contribution is 0.0950. The number of H-pyrrole nitrogens is 1. The predicted octanol–water partition coefficient (Wildman–Crippen LogP) is 4.28. The molecule has 0 aliphatic carbocycles. The third kappa shape index (κ3) is 4.09. The molecule has 2 aromatic carbocycles. The topological polar surface area (TPSA) is 76.2 Å². The zero-order valence-corrected chi connectivity index (χ0v) is 17.0. The molecule has 0 saturated carbocycles.